The third-order valence-corrected chi connectivity index (χ3v) is 4.62. The van der Waals surface area contributed by atoms with Crippen LogP contribution in [0.25, 0.3) is 0 Å². The van der Waals surface area contributed by atoms with Gasteiger partial charge in [-0.1, -0.05) is 0 Å². The van der Waals surface area contributed by atoms with Gasteiger partial charge in [-0.15, -0.1) is 0 Å². The van der Waals surface area contributed by atoms with Crippen LogP contribution in [0.1, 0.15) is 25.5 Å². The molecule has 0 aliphatic carbocycles. The minimum atomic E-state index is -1.52. The van der Waals surface area contributed by atoms with Crippen LogP contribution >= 0.6 is 0 Å². The Labute approximate surface area is 161 Å². The summed E-state index contributed by atoms with van der Waals surface area (Å²) in [6, 6.07) is 2.59. The van der Waals surface area contributed by atoms with Crippen molar-refractivity contribution in [1.82, 2.24) is 4.57 Å². The lowest BCUT2D eigenvalue weighted by Gasteiger charge is -2.42. The Kier molecular flexibility index (Phi) is 4.54. The van der Waals surface area contributed by atoms with Crippen LogP contribution in [0.5, 0.6) is 5.75 Å². The Morgan fingerprint density at radius 2 is 1.66 bits per heavy atom. The Morgan fingerprint density at radius 1 is 1.03 bits per heavy atom. The number of ether oxygens (including phenoxy) is 1. The van der Waals surface area contributed by atoms with Gasteiger partial charge in [0.15, 0.2) is 0 Å². The molecule has 13 heteroatoms. The Morgan fingerprint density at radius 3 is 2.21 bits per heavy atom. The second kappa shape index (κ2) is 6.63. The zero-order valence-electron chi connectivity index (χ0n) is 15.0. The van der Waals surface area contributed by atoms with Crippen LogP contribution in [0, 0.1) is 30.3 Å². The Bertz CT molecular complexity index is 1110. The number of nitrogens with zero attached hydrogens (tertiary/aromatic N) is 4. The first-order valence-electron chi connectivity index (χ1n) is 8.14. The predicted octanol–water partition coefficient (Wildman–Crippen LogP) is 1.69. The summed E-state index contributed by atoms with van der Waals surface area (Å²) in [5.41, 5.74) is -4.73. The van der Waals surface area contributed by atoms with Crippen LogP contribution in [0.3, 0.4) is 0 Å². The van der Waals surface area contributed by atoms with Gasteiger partial charge in [0.05, 0.1) is 27.0 Å². The molecular formula is C16H14N4O9. The van der Waals surface area contributed by atoms with E-state index in [1.807, 2.05) is 0 Å². The number of nitro groups is 3. The molecule has 29 heavy (non-hydrogen) atoms. The Hall–Kier alpha value is -3.87. The minimum absolute atomic E-state index is 0.0112. The first kappa shape index (κ1) is 19.9. The molecule has 13 nitrogen and oxygen atoms in total. The van der Waals surface area contributed by atoms with E-state index in [0.29, 0.717) is 10.6 Å². The number of fused-ring (bicyclic) bond motifs is 1. The van der Waals surface area contributed by atoms with Gasteiger partial charge in [-0.05, 0) is 19.9 Å². The van der Waals surface area contributed by atoms with Crippen LogP contribution in [-0.2, 0) is 0 Å². The molecule has 2 unspecified atom stereocenters. The van der Waals surface area contributed by atoms with Gasteiger partial charge < -0.3 is 9.84 Å². The number of pyridine rings is 1. The van der Waals surface area contributed by atoms with Crippen molar-refractivity contribution in [3.63, 3.8) is 0 Å². The van der Waals surface area contributed by atoms with E-state index in [9.17, 15) is 40.2 Å². The summed E-state index contributed by atoms with van der Waals surface area (Å²) in [5, 5.41) is 44.4. The molecule has 2 atom stereocenters. The summed E-state index contributed by atoms with van der Waals surface area (Å²) in [4.78, 5) is 43.6. The lowest BCUT2D eigenvalue weighted by molar-refractivity contribution is -0.395. The average molecular weight is 406 g/mol. The maximum atomic E-state index is 12.7. The number of benzene rings is 1. The molecule has 3 rings (SSSR count). The molecule has 2 heterocycles. The fraction of sp³-hybridized carbons (Fsp3) is 0.312. The van der Waals surface area contributed by atoms with E-state index in [1.165, 1.54) is 19.9 Å². The van der Waals surface area contributed by atoms with Gasteiger partial charge in [0.1, 0.15) is 23.5 Å². The van der Waals surface area contributed by atoms with Crippen molar-refractivity contribution >= 4 is 17.1 Å². The quantitative estimate of drug-likeness (QED) is 0.583. The minimum Gasteiger partial charge on any atom is -0.485 e. The second-order valence-electron chi connectivity index (χ2n) is 6.88. The normalized spacial score (nSPS) is 19.7. The summed E-state index contributed by atoms with van der Waals surface area (Å²) < 4.78 is 6.30. The summed E-state index contributed by atoms with van der Waals surface area (Å²) in [6.07, 6.45) is -0.760. The molecule has 1 aromatic heterocycles. The molecule has 0 spiro atoms. The van der Waals surface area contributed by atoms with Crippen LogP contribution in [0.4, 0.5) is 17.1 Å². The molecule has 0 saturated carbocycles. The molecule has 0 radical (unpaired) electrons. The molecular weight excluding hydrogens is 392 g/mol. The highest BCUT2D eigenvalue weighted by molar-refractivity contribution is 5.49. The molecule has 152 valence electrons. The van der Waals surface area contributed by atoms with Gasteiger partial charge in [0.25, 0.3) is 11.4 Å². The number of hydrogen-bond donors (Lipinski definition) is 1. The van der Waals surface area contributed by atoms with E-state index in [1.54, 1.807) is 0 Å². The van der Waals surface area contributed by atoms with Crippen LogP contribution in [0.15, 0.2) is 35.3 Å². The lowest BCUT2D eigenvalue weighted by atomic mass is 9.86. The fourth-order valence-electron chi connectivity index (χ4n) is 3.18. The zero-order valence-corrected chi connectivity index (χ0v) is 15.0. The number of aliphatic hydroxyl groups excluding tert-OH is 1. The van der Waals surface area contributed by atoms with Crippen molar-refractivity contribution in [2.45, 2.75) is 31.6 Å². The van der Waals surface area contributed by atoms with Crippen molar-refractivity contribution < 1.29 is 24.6 Å². The number of rotatable bonds is 4. The van der Waals surface area contributed by atoms with Crippen molar-refractivity contribution in [3.05, 3.63) is 76.7 Å². The van der Waals surface area contributed by atoms with E-state index in [0.717, 1.165) is 18.3 Å². The third kappa shape index (κ3) is 3.27. The highest BCUT2D eigenvalue weighted by atomic mass is 16.6. The summed E-state index contributed by atoms with van der Waals surface area (Å²) in [7, 11) is 0. The maximum Gasteiger partial charge on any atom is 0.340 e. The molecule has 1 aliphatic rings. The van der Waals surface area contributed by atoms with Gasteiger partial charge in [-0.2, -0.15) is 0 Å². The van der Waals surface area contributed by atoms with Crippen LogP contribution in [0.2, 0.25) is 0 Å². The average Bonchev–Trinajstić information content (AvgIpc) is 2.62. The Balaban J connectivity index is 2.37. The van der Waals surface area contributed by atoms with Gasteiger partial charge >= 0.3 is 11.2 Å². The van der Waals surface area contributed by atoms with Gasteiger partial charge in [0, 0.05) is 17.7 Å². The van der Waals surface area contributed by atoms with Gasteiger partial charge in [-0.25, -0.2) is 0 Å². The van der Waals surface area contributed by atoms with Crippen molar-refractivity contribution in [3.8, 4) is 5.75 Å². The lowest BCUT2D eigenvalue weighted by Crippen LogP contribution is -2.52. The van der Waals surface area contributed by atoms with E-state index in [2.05, 4.69) is 0 Å². The first-order chi connectivity index (χ1) is 13.4. The summed E-state index contributed by atoms with van der Waals surface area (Å²) >= 11 is 0. The molecule has 0 bridgehead atoms. The van der Waals surface area contributed by atoms with Gasteiger partial charge in [-0.3, -0.25) is 39.7 Å². The van der Waals surface area contributed by atoms with Crippen LogP contribution < -0.4 is 10.3 Å². The zero-order chi connectivity index (χ0) is 21.7. The molecule has 0 amide bonds. The van der Waals surface area contributed by atoms with E-state index in [4.69, 9.17) is 4.74 Å². The standard InChI is InChI=1S/C16H14N4O9/c1-16(2)14(21)13(10-5-8(18(23)24)3-4-12(10)29-16)17-7-9(19(25)26)6-11(15(17)22)20(27)28/h3-7,13-14,21H,1-2H3. The smallest absolute Gasteiger partial charge is 0.340 e. The summed E-state index contributed by atoms with van der Waals surface area (Å²) in [5.74, 6) is 0.0944. The number of hydrogen-bond acceptors (Lipinski definition) is 9. The molecule has 1 aliphatic heterocycles. The first-order valence-corrected chi connectivity index (χ1v) is 8.14. The third-order valence-electron chi connectivity index (χ3n) is 4.62. The largest absolute Gasteiger partial charge is 0.485 e. The maximum absolute atomic E-state index is 12.7. The number of aliphatic hydroxyl groups is 1. The molecule has 1 aromatic carbocycles. The monoisotopic (exact) mass is 406 g/mol. The van der Waals surface area contributed by atoms with Crippen molar-refractivity contribution in [2.75, 3.05) is 0 Å². The second-order valence-corrected chi connectivity index (χ2v) is 6.88. The van der Waals surface area contributed by atoms with E-state index >= 15 is 0 Å². The molecule has 0 fully saturated rings. The number of aromatic nitrogens is 1. The number of nitro benzene ring substituents is 1. The van der Waals surface area contributed by atoms with Crippen molar-refractivity contribution in [2.24, 2.45) is 0 Å². The molecule has 1 N–H and O–H groups in total. The van der Waals surface area contributed by atoms with Crippen LogP contribution in [-0.4, -0.2) is 36.1 Å². The summed E-state index contributed by atoms with van der Waals surface area (Å²) in [6.45, 7) is 2.96. The fourth-order valence-corrected chi connectivity index (χ4v) is 3.18. The SMILES string of the molecule is CC1(C)Oc2ccc([N+](=O)[O-])cc2C(n2cc([N+](=O)[O-])cc([N+](=O)[O-])c2=O)C1O. The molecule has 0 saturated heterocycles. The predicted molar refractivity (Wildman–Crippen MR) is 96.0 cm³/mol. The van der Waals surface area contributed by atoms with E-state index < -0.39 is 49.5 Å². The molecule has 2 aromatic rings. The van der Waals surface area contributed by atoms with E-state index in [-0.39, 0.29) is 17.0 Å². The van der Waals surface area contributed by atoms with Gasteiger partial charge in [0.2, 0.25) is 0 Å². The highest BCUT2D eigenvalue weighted by Crippen LogP contribution is 2.43. The highest BCUT2D eigenvalue weighted by Gasteiger charge is 2.45. The van der Waals surface area contributed by atoms with Crippen molar-refractivity contribution in [1.29, 1.82) is 0 Å². The topological polar surface area (TPSA) is 181 Å². The number of non-ortho nitro benzene ring substituents is 1.